The summed E-state index contributed by atoms with van der Waals surface area (Å²) in [6, 6.07) is 15.2. The Hall–Kier alpha value is -2.33. The highest BCUT2D eigenvalue weighted by atomic mass is 35.5. The number of hydrogen-bond donors (Lipinski definition) is 1. The Labute approximate surface area is 127 Å². The Morgan fingerprint density at radius 2 is 2.05 bits per heavy atom. The van der Waals surface area contributed by atoms with Gasteiger partial charge in [0.2, 0.25) is 5.91 Å². The van der Waals surface area contributed by atoms with Crippen LogP contribution in [0, 0.1) is 0 Å². The van der Waals surface area contributed by atoms with E-state index in [0.29, 0.717) is 17.9 Å². The Balaban J connectivity index is 1.64. The number of carbonyl (C=O) groups is 1. The third kappa shape index (κ3) is 3.23. The molecule has 1 N–H and O–H groups in total. The lowest BCUT2D eigenvalue weighted by Gasteiger charge is -2.07. The number of halogens is 1. The first-order valence-electron chi connectivity index (χ1n) is 6.69. The minimum absolute atomic E-state index is 0.0573. The molecule has 0 spiro atoms. The van der Waals surface area contributed by atoms with Crippen molar-refractivity contribution >= 4 is 28.5 Å². The van der Waals surface area contributed by atoms with E-state index in [-0.39, 0.29) is 5.91 Å². The van der Waals surface area contributed by atoms with Gasteiger partial charge >= 0.3 is 0 Å². The fourth-order valence-electron chi connectivity index (χ4n) is 2.19. The van der Waals surface area contributed by atoms with E-state index in [1.807, 2.05) is 48.5 Å². The van der Waals surface area contributed by atoms with Crippen molar-refractivity contribution in [1.82, 2.24) is 9.66 Å². The number of aromatic nitrogens is 2. The van der Waals surface area contributed by atoms with E-state index in [4.69, 9.17) is 11.6 Å². The summed E-state index contributed by atoms with van der Waals surface area (Å²) < 4.78 is 1.65. The molecule has 0 atom stereocenters. The van der Waals surface area contributed by atoms with Crippen molar-refractivity contribution in [1.29, 1.82) is 0 Å². The fourth-order valence-corrected chi connectivity index (χ4v) is 2.40. The van der Waals surface area contributed by atoms with Gasteiger partial charge in [0.15, 0.2) is 0 Å². The second kappa shape index (κ2) is 5.97. The molecule has 0 radical (unpaired) electrons. The summed E-state index contributed by atoms with van der Waals surface area (Å²) in [5, 5.41) is 0.688. The van der Waals surface area contributed by atoms with Crippen molar-refractivity contribution in [3.05, 3.63) is 65.4 Å². The summed E-state index contributed by atoms with van der Waals surface area (Å²) in [6.07, 6.45) is 2.66. The molecule has 3 aromatic rings. The average molecular weight is 300 g/mol. The molecule has 0 unspecified atom stereocenters. The Morgan fingerprint density at radius 3 is 2.90 bits per heavy atom. The van der Waals surface area contributed by atoms with Crippen molar-refractivity contribution in [2.24, 2.45) is 0 Å². The molecule has 2 aromatic carbocycles. The second-order valence-corrected chi connectivity index (χ2v) is 5.20. The van der Waals surface area contributed by atoms with Crippen molar-refractivity contribution in [2.75, 3.05) is 5.43 Å². The van der Waals surface area contributed by atoms with Crippen LogP contribution in [-0.4, -0.2) is 15.6 Å². The molecule has 1 aromatic heterocycles. The summed E-state index contributed by atoms with van der Waals surface area (Å²) in [6.45, 7) is 0. The molecule has 1 heterocycles. The number of hydrogen-bond acceptors (Lipinski definition) is 2. The lowest BCUT2D eigenvalue weighted by Crippen LogP contribution is -2.22. The molecule has 3 rings (SSSR count). The first kappa shape index (κ1) is 13.6. The van der Waals surface area contributed by atoms with Crippen LogP contribution in [0.3, 0.4) is 0 Å². The summed E-state index contributed by atoms with van der Waals surface area (Å²) in [7, 11) is 0. The van der Waals surface area contributed by atoms with Crippen LogP contribution in [0.15, 0.2) is 54.9 Å². The van der Waals surface area contributed by atoms with Crippen LogP contribution in [0.4, 0.5) is 0 Å². The molecule has 0 aliphatic carbocycles. The fraction of sp³-hybridized carbons (Fsp3) is 0.125. The first-order valence-corrected chi connectivity index (χ1v) is 7.06. The van der Waals surface area contributed by atoms with Gasteiger partial charge in [-0.15, -0.1) is 0 Å². The number of amides is 1. The third-order valence-electron chi connectivity index (χ3n) is 3.23. The van der Waals surface area contributed by atoms with Gasteiger partial charge in [0, 0.05) is 11.4 Å². The molecule has 0 fully saturated rings. The van der Waals surface area contributed by atoms with Gasteiger partial charge in [-0.25, -0.2) is 9.66 Å². The number of nitrogens with zero attached hydrogens (tertiary/aromatic N) is 2. The minimum atomic E-state index is -0.0573. The Morgan fingerprint density at radius 1 is 1.19 bits per heavy atom. The van der Waals surface area contributed by atoms with Crippen LogP contribution < -0.4 is 5.43 Å². The number of benzene rings is 2. The zero-order valence-electron chi connectivity index (χ0n) is 11.3. The molecule has 0 aliphatic heterocycles. The maximum atomic E-state index is 12.0. The van der Waals surface area contributed by atoms with Crippen molar-refractivity contribution in [2.45, 2.75) is 12.8 Å². The quantitative estimate of drug-likeness (QED) is 0.802. The molecule has 0 bridgehead atoms. The summed E-state index contributed by atoms with van der Waals surface area (Å²) in [5.41, 5.74) is 5.62. The maximum Gasteiger partial charge on any atom is 0.239 e. The van der Waals surface area contributed by atoms with Crippen molar-refractivity contribution < 1.29 is 4.79 Å². The van der Waals surface area contributed by atoms with Crippen LogP contribution in [0.25, 0.3) is 11.0 Å². The molecule has 21 heavy (non-hydrogen) atoms. The van der Waals surface area contributed by atoms with Gasteiger partial charge in [-0.1, -0.05) is 35.9 Å². The van der Waals surface area contributed by atoms with E-state index in [2.05, 4.69) is 10.4 Å². The zero-order chi connectivity index (χ0) is 14.7. The number of para-hydroxylation sites is 2. The molecular weight excluding hydrogens is 286 g/mol. The van der Waals surface area contributed by atoms with Gasteiger partial charge in [-0.3, -0.25) is 10.2 Å². The largest absolute Gasteiger partial charge is 0.273 e. The summed E-state index contributed by atoms with van der Waals surface area (Å²) in [4.78, 5) is 16.3. The molecule has 0 saturated carbocycles. The van der Waals surface area contributed by atoms with E-state index in [1.165, 1.54) is 0 Å². The monoisotopic (exact) mass is 299 g/mol. The van der Waals surface area contributed by atoms with Gasteiger partial charge in [-0.2, -0.15) is 0 Å². The maximum absolute atomic E-state index is 12.0. The first-order chi connectivity index (χ1) is 10.2. The van der Waals surface area contributed by atoms with Gasteiger partial charge in [0.1, 0.15) is 6.33 Å². The van der Waals surface area contributed by atoms with Crippen molar-refractivity contribution in [3.63, 3.8) is 0 Å². The standard InChI is InChI=1S/C16H14ClN3O/c17-13-5-3-4-12(10-13)8-9-16(21)19-20-11-18-14-6-1-2-7-15(14)20/h1-7,10-11H,8-9H2,(H,19,21). The van der Waals surface area contributed by atoms with Crippen molar-refractivity contribution in [3.8, 4) is 0 Å². The number of aryl methyl sites for hydroxylation is 1. The molecule has 0 saturated heterocycles. The highest BCUT2D eigenvalue weighted by Gasteiger charge is 2.06. The number of rotatable bonds is 4. The molecular formula is C16H14ClN3O. The molecule has 1 amide bonds. The Kier molecular flexibility index (Phi) is 3.88. The van der Waals surface area contributed by atoms with Crippen LogP contribution in [0.2, 0.25) is 5.02 Å². The van der Waals surface area contributed by atoms with Crippen LogP contribution >= 0.6 is 11.6 Å². The molecule has 4 nitrogen and oxygen atoms in total. The Bertz CT molecular complexity index is 782. The minimum Gasteiger partial charge on any atom is -0.273 e. The van der Waals surface area contributed by atoms with E-state index in [9.17, 15) is 4.79 Å². The zero-order valence-corrected chi connectivity index (χ0v) is 12.0. The smallest absolute Gasteiger partial charge is 0.239 e. The third-order valence-corrected chi connectivity index (χ3v) is 3.46. The van der Waals surface area contributed by atoms with E-state index < -0.39 is 0 Å². The predicted molar refractivity (Wildman–Crippen MR) is 83.9 cm³/mol. The number of imidazole rings is 1. The summed E-state index contributed by atoms with van der Waals surface area (Å²) in [5.74, 6) is -0.0573. The number of fused-ring (bicyclic) bond motifs is 1. The SMILES string of the molecule is O=C(CCc1cccc(Cl)c1)Nn1cnc2ccccc21. The molecule has 106 valence electrons. The van der Waals surface area contributed by atoms with Gasteiger partial charge in [0.05, 0.1) is 11.0 Å². The number of nitrogens with one attached hydrogen (secondary N) is 1. The van der Waals surface area contributed by atoms with Gasteiger partial charge in [0.25, 0.3) is 0 Å². The van der Waals surface area contributed by atoms with Gasteiger partial charge in [-0.05, 0) is 36.2 Å². The van der Waals surface area contributed by atoms with E-state index in [0.717, 1.165) is 16.6 Å². The van der Waals surface area contributed by atoms with Crippen LogP contribution in [0.5, 0.6) is 0 Å². The number of carbonyl (C=O) groups excluding carboxylic acids is 1. The molecule has 0 aliphatic rings. The van der Waals surface area contributed by atoms with Gasteiger partial charge < -0.3 is 0 Å². The van der Waals surface area contributed by atoms with Crippen LogP contribution in [-0.2, 0) is 11.2 Å². The molecule has 5 heteroatoms. The van der Waals surface area contributed by atoms with Crippen LogP contribution in [0.1, 0.15) is 12.0 Å². The predicted octanol–water partition coefficient (Wildman–Crippen LogP) is 3.39. The second-order valence-electron chi connectivity index (χ2n) is 4.77. The normalized spacial score (nSPS) is 10.7. The summed E-state index contributed by atoms with van der Waals surface area (Å²) >= 11 is 5.93. The highest BCUT2D eigenvalue weighted by Crippen LogP contribution is 2.13. The average Bonchev–Trinajstić information content (AvgIpc) is 2.89. The van der Waals surface area contributed by atoms with E-state index >= 15 is 0 Å². The lowest BCUT2D eigenvalue weighted by atomic mass is 10.1. The van der Waals surface area contributed by atoms with E-state index in [1.54, 1.807) is 11.0 Å². The lowest BCUT2D eigenvalue weighted by molar-refractivity contribution is -0.117. The topological polar surface area (TPSA) is 46.9 Å². The highest BCUT2D eigenvalue weighted by molar-refractivity contribution is 6.30.